The Morgan fingerprint density at radius 2 is 2.22 bits per heavy atom. The molecule has 1 fully saturated rings. The lowest BCUT2D eigenvalue weighted by atomic mass is 9.90. The Hall–Kier alpha value is -0.930. The van der Waals surface area contributed by atoms with Crippen molar-refractivity contribution in [1.29, 1.82) is 0 Å². The minimum atomic E-state index is 0.299. The molecule has 3 nitrogen and oxygen atoms in total. The molecule has 0 bridgehead atoms. The number of nitrogens with one attached hydrogen (secondary N) is 1. The molecule has 0 amide bonds. The third-order valence-corrected chi connectivity index (χ3v) is 3.99. The van der Waals surface area contributed by atoms with Crippen molar-refractivity contribution in [3.8, 4) is 11.5 Å². The first-order valence-electron chi connectivity index (χ1n) is 6.53. The summed E-state index contributed by atoms with van der Waals surface area (Å²) < 4.78 is 11.1. The highest BCUT2D eigenvalue weighted by atomic mass is 35.5. The van der Waals surface area contributed by atoms with Gasteiger partial charge >= 0.3 is 0 Å². The number of ether oxygens (including phenoxy) is 2. The van der Waals surface area contributed by atoms with Gasteiger partial charge in [0.25, 0.3) is 0 Å². The summed E-state index contributed by atoms with van der Waals surface area (Å²) in [5, 5.41) is 4.31. The smallest absolute Gasteiger partial charge is 0.231 e. The standard InChI is InChI=1S/C14H18ClNO2/c1-8(2)12-13(10-4-3-5-16-10)9(15)6-11-14(12)18-7-17-11/h6,8,10,16H,3-5,7H2,1-2H3. The summed E-state index contributed by atoms with van der Waals surface area (Å²) >= 11 is 6.46. The summed E-state index contributed by atoms with van der Waals surface area (Å²) in [5.41, 5.74) is 2.41. The first-order valence-corrected chi connectivity index (χ1v) is 6.91. The van der Waals surface area contributed by atoms with Gasteiger partial charge in [0.15, 0.2) is 11.5 Å². The van der Waals surface area contributed by atoms with Crippen LogP contribution in [0.4, 0.5) is 0 Å². The number of hydrogen-bond donors (Lipinski definition) is 1. The van der Waals surface area contributed by atoms with Gasteiger partial charge in [0.1, 0.15) is 0 Å². The first kappa shape index (κ1) is 12.1. The van der Waals surface area contributed by atoms with E-state index in [4.69, 9.17) is 21.1 Å². The quantitative estimate of drug-likeness (QED) is 0.888. The Morgan fingerprint density at radius 1 is 1.39 bits per heavy atom. The molecule has 4 heteroatoms. The molecule has 0 spiro atoms. The zero-order valence-electron chi connectivity index (χ0n) is 10.8. The van der Waals surface area contributed by atoms with Crippen LogP contribution in [0.2, 0.25) is 5.02 Å². The molecule has 1 unspecified atom stereocenters. The van der Waals surface area contributed by atoms with Crippen LogP contribution >= 0.6 is 11.6 Å². The van der Waals surface area contributed by atoms with Gasteiger partial charge in [-0.05, 0) is 30.9 Å². The van der Waals surface area contributed by atoms with E-state index in [1.54, 1.807) is 0 Å². The summed E-state index contributed by atoms with van der Waals surface area (Å²) in [6.45, 7) is 5.71. The molecule has 3 rings (SSSR count). The highest BCUT2D eigenvalue weighted by molar-refractivity contribution is 6.31. The van der Waals surface area contributed by atoms with Crippen LogP contribution in [0, 0.1) is 0 Å². The van der Waals surface area contributed by atoms with Crippen LogP contribution in [0.15, 0.2) is 6.07 Å². The van der Waals surface area contributed by atoms with E-state index in [0.29, 0.717) is 18.8 Å². The second-order valence-corrected chi connectivity index (χ2v) is 5.63. The van der Waals surface area contributed by atoms with Gasteiger partial charge in [-0.3, -0.25) is 0 Å². The number of rotatable bonds is 2. The zero-order chi connectivity index (χ0) is 12.7. The Kier molecular flexibility index (Phi) is 3.12. The topological polar surface area (TPSA) is 30.5 Å². The van der Waals surface area contributed by atoms with E-state index in [1.165, 1.54) is 17.5 Å². The van der Waals surface area contributed by atoms with Gasteiger partial charge in [0.2, 0.25) is 6.79 Å². The Morgan fingerprint density at radius 3 is 2.89 bits per heavy atom. The van der Waals surface area contributed by atoms with Crippen LogP contribution < -0.4 is 14.8 Å². The molecule has 0 aliphatic carbocycles. The highest BCUT2D eigenvalue weighted by Crippen LogP contribution is 2.47. The van der Waals surface area contributed by atoms with Crippen LogP contribution in [0.3, 0.4) is 0 Å². The van der Waals surface area contributed by atoms with Crippen molar-refractivity contribution >= 4 is 11.6 Å². The molecule has 2 aliphatic rings. The van der Waals surface area contributed by atoms with Crippen molar-refractivity contribution < 1.29 is 9.47 Å². The lowest BCUT2D eigenvalue weighted by molar-refractivity contribution is 0.173. The lowest BCUT2D eigenvalue weighted by Gasteiger charge is -2.21. The fourth-order valence-corrected chi connectivity index (χ4v) is 3.24. The molecule has 1 atom stereocenters. The summed E-state index contributed by atoms with van der Waals surface area (Å²) in [5.74, 6) is 2.04. The molecule has 1 N–H and O–H groups in total. The molecule has 1 aromatic carbocycles. The highest BCUT2D eigenvalue weighted by Gasteiger charge is 2.30. The molecule has 1 aromatic rings. The average molecular weight is 268 g/mol. The lowest BCUT2D eigenvalue weighted by Crippen LogP contribution is -2.16. The van der Waals surface area contributed by atoms with Crippen LogP contribution in [0.5, 0.6) is 11.5 Å². The number of fused-ring (bicyclic) bond motifs is 1. The summed E-state index contributed by atoms with van der Waals surface area (Å²) in [7, 11) is 0. The molecule has 2 aliphatic heterocycles. The van der Waals surface area contributed by atoms with Gasteiger partial charge in [-0.15, -0.1) is 0 Å². The predicted octanol–water partition coefficient (Wildman–Crippen LogP) is 3.62. The van der Waals surface area contributed by atoms with Gasteiger partial charge in [-0.1, -0.05) is 25.4 Å². The van der Waals surface area contributed by atoms with Crippen LogP contribution in [-0.4, -0.2) is 13.3 Å². The van der Waals surface area contributed by atoms with Gasteiger partial charge in [0.05, 0.1) is 0 Å². The van der Waals surface area contributed by atoms with Crippen molar-refractivity contribution in [1.82, 2.24) is 5.32 Å². The number of benzene rings is 1. The first-order chi connectivity index (χ1) is 8.68. The minimum Gasteiger partial charge on any atom is -0.454 e. The van der Waals surface area contributed by atoms with Crippen molar-refractivity contribution in [2.75, 3.05) is 13.3 Å². The Balaban J connectivity index is 2.16. The third kappa shape index (κ3) is 1.86. The summed E-state index contributed by atoms with van der Waals surface area (Å²) in [4.78, 5) is 0. The number of halogens is 1. The molecule has 98 valence electrons. The van der Waals surface area contributed by atoms with Crippen molar-refractivity contribution in [3.05, 3.63) is 22.2 Å². The van der Waals surface area contributed by atoms with Gasteiger partial charge in [-0.25, -0.2) is 0 Å². The average Bonchev–Trinajstić information content (AvgIpc) is 2.95. The van der Waals surface area contributed by atoms with Crippen LogP contribution in [0.25, 0.3) is 0 Å². The molecule has 0 saturated carbocycles. The Labute approximate surface area is 112 Å². The maximum atomic E-state index is 6.46. The number of hydrogen-bond acceptors (Lipinski definition) is 3. The van der Waals surface area contributed by atoms with E-state index in [-0.39, 0.29) is 0 Å². The van der Waals surface area contributed by atoms with Crippen molar-refractivity contribution in [2.24, 2.45) is 0 Å². The van der Waals surface area contributed by atoms with Crippen molar-refractivity contribution in [2.45, 2.75) is 38.6 Å². The van der Waals surface area contributed by atoms with Gasteiger partial charge in [-0.2, -0.15) is 0 Å². The maximum absolute atomic E-state index is 6.46. The molecule has 2 heterocycles. The van der Waals surface area contributed by atoms with Crippen LogP contribution in [-0.2, 0) is 0 Å². The van der Waals surface area contributed by atoms with Crippen LogP contribution in [0.1, 0.15) is 49.8 Å². The zero-order valence-corrected chi connectivity index (χ0v) is 11.5. The second kappa shape index (κ2) is 4.63. The fourth-order valence-electron chi connectivity index (χ4n) is 2.91. The van der Waals surface area contributed by atoms with E-state index in [0.717, 1.165) is 29.5 Å². The van der Waals surface area contributed by atoms with Gasteiger partial charge in [0, 0.05) is 22.7 Å². The SMILES string of the molecule is CC(C)c1c2c(cc(Cl)c1C1CCCN1)OCO2. The molecule has 1 saturated heterocycles. The van der Waals surface area contributed by atoms with Gasteiger partial charge < -0.3 is 14.8 Å². The normalized spacial score (nSPS) is 21.9. The molecule has 18 heavy (non-hydrogen) atoms. The van der Waals surface area contributed by atoms with E-state index in [1.807, 2.05) is 6.07 Å². The molecule has 0 radical (unpaired) electrons. The minimum absolute atomic E-state index is 0.299. The maximum Gasteiger partial charge on any atom is 0.231 e. The van der Waals surface area contributed by atoms with E-state index in [2.05, 4.69) is 19.2 Å². The monoisotopic (exact) mass is 267 g/mol. The molecule has 0 aromatic heterocycles. The van der Waals surface area contributed by atoms with E-state index in [9.17, 15) is 0 Å². The summed E-state index contributed by atoms with van der Waals surface area (Å²) in [6.07, 6.45) is 2.34. The van der Waals surface area contributed by atoms with Crippen molar-refractivity contribution in [3.63, 3.8) is 0 Å². The molecular weight excluding hydrogens is 250 g/mol. The van der Waals surface area contributed by atoms with E-state index < -0.39 is 0 Å². The summed E-state index contributed by atoms with van der Waals surface area (Å²) in [6, 6.07) is 2.25. The predicted molar refractivity (Wildman–Crippen MR) is 71.6 cm³/mol. The van der Waals surface area contributed by atoms with E-state index >= 15 is 0 Å². The fraction of sp³-hybridized carbons (Fsp3) is 0.571. The largest absolute Gasteiger partial charge is 0.454 e. The Bertz CT molecular complexity index is 467. The molecular formula is C14H18ClNO2. The second-order valence-electron chi connectivity index (χ2n) is 5.22. The third-order valence-electron chi connectivity index (χ3n) is 3.68.